The molecule has 0 aliphatic carbocycles. The lowest BCUT2D eigenvalue weighted by atomic mass is 10.1. The molecule has 0 radical (unpaired) electrons. The fraction of sp³-hybridized carbons (Fsp3) is 0.161. The molecule has 11 heteroatoms. The maximum atomic E-state index is 14.9. The lowest BCUT2D eigenvalue weighted by Crippen LogP contribution is -2.14. The van der Waals surface area contributed by atoms with Crippen molar-refractivity contribution in [1.29, 1.82) is 0 Å². The summed E-state index contributed by atoms with van der Waals surface area (Å²) in [6.07, 6.45) is 1.08. The van der Waals surface area contributed by atoms with Crippen LogP contribution in [-0.4, -0.2) is 25.9 Å². The maximum Gasteiger partial charge on any atom is 0.234 e. The minimum absolute atomic E-state index is 0.0496. The van der Waals surface area contributed by atoms with Crippen molar-refractivity contribution < 1.29 is 22.7 Å². The highest BCUT2D eigenvalue weighted by Gasteiger charge is 2.22. The number of hydrogen-bond donors (Lipinski definition) is 1. The molecule has 42 heavy (non-hydrogen) atoms. The van der Waals surface area contributed by atoms with E-state index in [1.807, 2.05) is 13.8 Å². The predicted octanol–water partition coefficient (Wildman–Crippen LogP) is 5.87. The van der Waals surface area contributed by atoms with Gasteiger partial charge in [0.15, 0.2) is 23.0 Å². The second kappa shape index (κ2) is 10.9. The van der Waals surface area contributed by atoms with Gasteiger partial charge in [0.25, 0.3) is 0 Å². The van der Waals surface area contributed by atoms with E-state index in [2.05, 4.69) is 15.1 Å². The Kier molecular flexibility index (Phi) is 6.99. The number of hydrogen-bond acceptors (Lipinski definition) is 8. The Labute approximate surface area is 238 Å². The molecule has 0 unspecified atom stereocenters. The van der Waals surface area contributed by atoms with E-state index in [0.717, 1.165) is 0 Å². The zero-order valence-electron chi connectivity index (χ0n) is 22.7. The van der Waals surface area contributed by atoms with E-state index < -0.39 is 17.1 Å². The topological polar surface area (TPSA) is 118 Å². The van der Waals surface area contributed by atoms with Crippen molar-refractivity contribution >= 4 is 27.8 Å². The summed E-state index contributed by atoms with van der Waals surface area (Å²) in [5, 5.41) is 5.42. The van der Waals surface area contributed by atoms with Gasteiger partial charge in [-0.2, -0.15) is 5.10 Å². The van der Waals surface area contributed by atoms with E-state index in [1.54, 1.807) is 42.5 Å². The standard InChI is InChI=1S/C31H25F2N5O4/c1-17(2)41-24-11-10-19(13-22(24)33)27-26-30(34)35-16-36-31(26)38(37-27)14-25-29(40-15-18-6-5-7-20(32)12-18)28(39)21-8-3-4-9-23(21)42-25/h3-13,16-17H,14-15H2,1-2H3,(H2,34,35,36). The van der Waals surface area contributed by atoms with Crippen molar-refractivity contribution in [1.82, 2.24) is 19.7 Å². The van der Waals surface area contributed by atoms with E-state index in [9.17, 15) is 13.6 Å². The van der Waals surface area contributed by atoms with Gasteiger partial charge < -0.3 is 19.6 Å². The van der Waals surface area contributed by atoms with E-state index in [0.29, 0.717) is 38.8 Å². The molecule has 2 N–H and O–H groups in total. The summed E-state index contributed by atoms with van der Waals surface area (Å²) in [7, 11) is 0. The second-order valence-corrected chi connectivity index (χ2v) is 9.87. The summed E-state index contributed by atoms with van der Waals surface area (Å²) >= 11 is 0. The highest BCUT2D eigenvalue weighted by atomic mass is 19.1. The number of nitrogens with zero attached hydrogens (tertiary/aromatic N) is 4. The van der Waals surface area contributed by atoms with Crippen LogP contribution in [0.25, 0.3) is 33.3 Å². The number of anilines is 1. The van der Waals surface area contributed by atoms with Gasteiger partial charge in [0, 0.05) is 5.56 Å². The number of aromatic nitrogens is 4. The Hall–Kier alpha value is -5.32. The average Bonchev–Trinajstić information content (AvgIpc) is 3.33. The number of halogens is 2. The lowest BCUT2D eigenvalue weighted by Gasteiger charge is -2.12. The van der Waals surface area contributed by atoms with Gasteiger partial charge in [-0.3, -0.25) is 4.79 Å². The Morgan fingerprint density at radius 3 is 2.64 bits per heavy atom. The van der Waals surface area contributed by atoms with Crippen molar-refractivity contribution in [3.8, 4) is 22.8 Å². The van der Waals surface area contributed by atoms with E-state index in [1.165, 1.54) is 35.3 Å². The van der Waals surface area contributed by atoms with Crippen LogP contribution in [0.5, 0.6) is 11.5 Å². The highest BCUT2D eigenvalue weighted by molar-refractivity contribution is 5.98. The van der Waals surface area contributed by atoms with Crippen molar-refractivity contribution in [2.24, 2.45) is 0 Å². The molecular formula is C31H25F2N5O4. The molecule has 3 aromatic carbocycles. The van der Waals surface area contributed by atoms with Gasteiger partial charge in [-0.05, 0) is 61.9 Å². The van der Waals surface area contributed by atoms with Crippen LogP contribution in [-0.2, 0) is 13.2 Å². The van der Waals surface area contributed by atoms with Gasteiger partial charge in [0.2, 0.25) is 11.2 Å². The number of nitrogen functional groups attached to an aromatic ring is 1. The SMILES string of the molecule is CC(C)Oc1ccc(-c2nn(Cc3oc4ccccc4c(=O)c3OCc3cccc(F)c3)c3ncnc(N)c23)cc1F. The monoisotopic (exact) mass is 569 g/mol. The van der Waals surface area contributed by atoms with E-state index >= 15 is 0 Å². The Balaban J connectivity index is 1.45. The molecule has 6 rings (SSSR count). The molecule has 3 aromatic heterocycles. The van der Waals surface area contributed by atoms with Gasteiger partial charge in [-0.25, -0.2) is 23.4 Å². The fourth-order valence-electron chi connectivity index (χ4n) is 4.68. The number of ether oxygens (including phenoxy) is 2. The third-order valence-corrected chi connectivity index (χ3v) is 6.52. The Bertz CT molecular complexity index is 2000. The fourth-order valence-corrected chi connectivity index (χ4v) is 4.68. The number of benzene rings is 3. The summed E-state index contributed by atoms with van der Waals surface area (Å²) in [6, 6.07) is 17.2. The van der Waals surface area contributed by atoms with Crippen LogP contribution >= 0.6 is 0 Å². The normalized spacial score (nSPS) is 11.5. The first kappa shape index (κ1) is 26.9. The number of rotatable bonds is 8. The van der Waals surface area contributed by atoms with Crippen LogP contribution in [0.1, 0.15) is 25.2 Å². The summed E-state index contributed by atoms with van der Waals surface area (Å²) in [5.41, 5.74) is 7.83. The molecule has 0 amide bonds. The third-order valence-electron chi connectivity index (χ3n) is 6.52. The van der Waals surface area contributed by atoms with E-state index in [-0.39, 0.29) is 42.3 Å². The maximum absolute atomic E-state index is 14.9. The molecule has 0 aliphatic heterocycles. The Morgan fingerprint density at radius 2 is 1.86 bits per heavy atom. The molecular weight excluding hydrogens is 544 g/mol. The molecule has 0 atom stereocenters. The predicted molar refractivity (Wildman–Crippen MR) is 153 cm³/mol. The number of para-hydroxylation sites is 1. The van der Waals surface area contributed by atoms with Crippen LogP contribution in [0.4, 0.5) is 14.6 Å². The van der Waals surface area contributed by atoms with Gasteiger partial charge in [0.05, 0.1) is 16.9 Å². The zero-order chi connectivity index (χ0) is 29.4. The van der Waals surface area contributed by atoms with Gasteiger partial charge in [0.1, 0.15) is 42.4 Å². The van der Waals surface area contributed by atoms with Crippen LogP contribution in [0.15, 0.2) is 82.3 Å². The second-order valence-electron chi connectivity index (χ2n) is 9.87. The highest BCUT2D eigenvalue weighted by Crippen LogP contribution is 2.33. The molecule has 0 saturated heterocycles. The first-order valence-corrected chi connectivity index (χ1v) is 13.1. The Morgan fingerprint density at radius 1 is 1.02 bits per heavy atom. The molecule has 0 saturated carbocycles. The van der Waals surface area contributed by atoms with Gasteiger partial charge in [-0.15, -0.1) is 0 Å². The average molecular weight is 570 g/mol. The molecule has 0 spiro atoms. The smallest absolute Gasteiger partial charge is 0.234 e. The molecule has 0 bridgehead atoms. The number of nitrogens with two attached hydrogens (primary N) is 1. The summed E-state index contributed by atoms with van der Waals surface area (Å²) in [5.74, 6) is -0.615. The summed E-state index contributed by atoms with van der Waals surface area (Å²) in [4.78, 5) is 22.0. The minimum atomic E-state index is -0.562. The van der Waals surface area contributed by atoms with Crippen LogP contribution in [0.3, 0.4) is 0 Å². The van der Waals surface area contributed by atoms with Crippen molar-refractivity contribution in [2.75, 3.05) is 5.73 Å². The number of fused-ring (bicyclic) bond motifs is 2. The van der Waals surface area contributed by atoms with E-state index in [4.69, 9.17) is 19.6 Å². The van der Waals surface area contributed by atoms with Crippen molar-refractivity contribution in [2.45, 2.75) is 33.1 Å². The molecule has 9 nitrogen and oxygen atoms in total. The van der Waals surface area contributed by atoms with Crippen LogP contribution < -0.4 is 20.6 Å². The first-order valence-electron chi connectivity index (χ1n) is 13.1. The summed E-state index contributed by atoms with van der Waals surface area (Å²) in [6.45, 7) is 3.46. The van der Waals surface area contributed by atoms with Crippen LogP contribution in [0, 0.1) is 11.6 Å². The largest absolute Gasteiger partial charge is 0.488 e. The molecule has 212 valence electrons. The quantitative estimate of drug-likeness (QED) is 0.242. The van der Waals surface area contributed by atoms with Crippen molar-refractivity contribution in [3.05, 3.63) is 106 Å². The molecule has 6 aromatic rings. The molecule has 0 aliphatic rings. The van der Waals surface area contributed by atoms with Gasteiger partial charge >= 0.3 is 0 Å². The third kappa shape index (κ3) is 5.12. The lowest BCUT2D eigenvalue weighted by molar-refractivity contribution is 0.231. The minimum Gasteiger partial charge on any atom is -0.488 e. The van der Waals surface area contributed by atoms with Crippen molar-refractivity contribution in [3.63, 3.8) is 0 Å². The molecule has 0 fully saturated rings. The molecule has 3 heterocycles. The summed E-state index contributed by atoms with van der Waals surface area (Å²) < 4.78 is 47.8. The zero-order valence-corrected chi connectivity index (χ0v) is 22.7. The van der Waals surface area contributed by atoms with Gasteiger partial charge in [-0.1, -0.05) is 24.3 Å². The first-order chi connectivity index (χ1) is 20.3. The van der Waals surface area contributed by atoms with Crippen LogP contribution in [0.2, 0.25) is 0 Å².